The number of nitrogens with zero attached hydrogens (tertiary/aromatic N) is 1. The summed E-state index contributed by atoms with van der Waals surface area (Å²) >= 11 is 0. The normalized spacial score (nSPS) is 10.3. The van der Waals surface area contributed by atoms with E-state index in [1.807, 2.05) is 0 Å². The molecule has 7 nitrogen and oxygen atoms in total. The highest BCUT2D eigenvalue weighted by atomic mass is 16.5. The first kappa shape index (κ1) is 15.4. The van der Waals surface area contributed by atoms with Crippen LogP contribution in [0.1, 0.15) is 20.8 Å². The van der Waals surface area contributed by atoms with Gasteiger partial charge < -0.3 is 4.74 Å². The molecule has 2 aromatic carbocycles. The summed E-state index contributed by atoms with van der Waals surface area (Å²) < 4.78 is 4.91. The number of rotatable bonds is 4. The Balaban J connectivity index is 1.58. The fourth-order valence-corrected chi connectivity index (χ4v) is 2.14. The molecule has 0 unspecified atom stereocenters. The highest BCUT2D eigenvalue weighted by Gasteiger charge is 2.17. The van der Waals surface area contributed by atoms with Crippen molar-refractivity contribution in [3.05, 3.63) is 65.9 Å². The Bertz CT molecular complexity index is 902. The first-order chi connectivity index (χ1) is 11.6. The zero-order valence-corrected chi connectivity index (χ0v) is 12.5. The average molecular weight is 323 g/mol. The van der Waals surface area contributed by atoms with Crippen LogP contribution in [0.2, 0.25) is 0 Å². The number of fused-ring (bicyclic) bond motifs is 1. The van der Waals surface area contributed by atoms with E-state index in [0.29, 0.717) is 16.5 Å². The van der Waals surface area contributed by atoms with Crippen molar-refractivity contribution in [2.24, 2.45) is 0 Å². The van der Waals surface area contributed by atoms with Gasteiger partial charge in [-0.15, -0.1) is 0 Å². The van der Waals surface area contributed by atoms with Crippen LogP contribution in [0.3, 0.4) is 0 Å². The smallest absolute Gasteiger partial charge is 0.359 e. The number of carbonyl (C=O) groups excluding carboxylic acids is 3. The topological polar surface area (TPSA) is 101 Å². The molecule has 120 valence electrons. The van der Waals surface area contributed by atoms with E-state index in [-0.39, 0.29) is 5.69 Å². The fraction of sp³-hybridized carbons (Fsp3) is 0.0588. The van der Waals surface area contributed by atoms with Crippen molar-refractivity contribution >= 4 is 28.7 Å². The maximum atomic E-state index is 12.0. The number of esters is 1. The second-order valence-electron chi connectivity index (χ2n) is 4.94. The minimum Gasteiger partial charge on any atom is -0.451 e. The number of carbonyl (C=O) groups is 3. The number of aromatic amines is 1. The van der Waals surface area contributed by atoms with Crippen LogP contribution in [-0.2, 0) is 9.53 Å². The predicted molar refractivity (Wildman–Crippen MR) is 85.3 cm³/mol. The minimum absolute atomic E-state index is 0.0905. The lowest BCUT2D eigenvalue weighted by Crippen LogP contribution is -2.34. The summed E-state index contributed by atoms with van der Waals surface area (Å²) in [6, 6.07) is 15.3. The van der Waals surface area contributed by atoms with Crippen LogP contribution in [0, 0.1) is 0 Å². The lowest BCUT2D eigenvalue weighted by molar-refractivity contribution is -0.123. The minimum atomic E-state index is -0.741. The standard InChI is InChI=1S/C17H13N3O4/c21-14(18-16(22)11-6-2-1-3-7-11)10-24-17(23)15-12-8-4-5-9-13(12)19-20-15/h1-9H,10H2,(H,19,20)(H,18,21,22). The van der Waals surface area contributed by atoms with Gasteiger partial charge in [-0.2, -0.15) is 5.10 Å². The molecule has 0 saturated heterocycles. The Kier molecular flexibility index (Phi) is 4.33. The van der Waals surface area contributed by atoms with Crippen LogP contribution < -0.4 is 5.32 Å². The van der Waals surface area contributed by atoms with E-state index in [1.165, 1.54) is 0 Å². The number of amides is 2. The summed E-state index contributed by atoms with van der Waals surface area (Å²) in [4.78, 5) is 35.6. The Morgan fingerprint density at radius 1 is 1.00 bits per heavy atom. The maximum Gasteiger partial charge on any atom is 0.359 e. The van der Waals surface area contributed by atoms with Crippen LogP contribution in [0.15, 0.2) is 54.6 Å². The molecule has 0 saturated carbocycles. The second kappa shape index (κ2) is 6.74. The van der Waals surface area contributed by atoms with E-state index in [1.54, 1.807) is 54.6 Å². The lowest BCUT2D eigenvalue weighted by Gasteiger charge is -2.05. The molecule has 2 amide bonds. The molecule has 0 aliphatic heterocycles. The van der Waals surface area contributed by atoms with E-state index < -0.39 is 24.4 Å². The molecule has 7 heteroatoms. The number of ether oxygens (including phenoxy) is 1. The number of hydrogen-bond donors (Lipinski definition) is 2. The Morgan fingerprint density at radius 3 is 2.50 bits per heavy atom. The van der Waals surface area contributed by atoms with Crippen molar-refractivity contribution in [2.45, 2.75) is 0 Å². The Morgan fingerprint density at radius 2 is 1.71 bits per heavy atom. The first-order valence-corrected chi connectivity index (χ1v) is 7.14. The number of imide groups is 1. The van der Waals surface area contributed by atoms with Crippen molar-refractivity contribution in [3.8, 4) is 0 Å². The molecule has 1 heterocycles. The summed E-state index contributed by atoms with van der Waals surface area (Å²) in [6.07, 6.45) is 0. The highest BCUT2D eigenvalue weighted by Crippen LogP contribution is 2.15. The van der Waals surface area contributed by atoms with Gasteiger partial charge in [0.15, 0.2) is 12.3 Å². The fourth-order valence-electron chi connectivity index (χ4n) is 2.14. The third-order valence-corrected chi connectivity index (χ3v) is 3.29. The molecule has 3 aromatic rings. The molecule has 24 heavy (non-hydrogen) atoms. The van der Waals surface area contributed by atoms with E-state index in [4.69, 9.17) is 4.74 Å². The van der Waals surface area contributed by atoms with Gasteiger partial charge in [0, 0.05) is 10.9 Å². The van der Waals surface area contributed by atoms with E-state index >= 15 is 0 Å². The predicted octanol–water partition coefficient (Wildman–Crippen LogP) is 1.68. The van der Waals surface area contributed by atoms with Gasteiger partial charge in [-0.3, -0.25) is 20.0 Å². The third kappa shape index (κ3) is 3.30. The molecule has 0 radical (unpaired) electrons. The second-order valence-corrected chi connectivity index (χ2v) is 4.94. The van der Waals surface area contributed by atoms with Gasteiger partial charge in [-0.1, -0.05) is 36.4 Å². The Labute approximate surface area is 136 Å². The van der Waals surface area contributed by atoms with Gasteiger partial charge in [0.25, 0.3) is 11.8 Å². The Hall–Kier alpha value is -3.48. The molecule has 0 aliphatic rings. The van der Waals surface area contributed by atoms with Gasteiger partial charge in [0.05, 0.1) is 5.52 Å². The summed E-state index contributed by atoms with van der Waals surface area (Å²) in [5.41, 5.74) is 1.12. The zero-order chi connectivity index (χ0) is 16.9. The molecular weight excluding hydrogens is 310 g/mol. The van der Waals surface area contributed by atoms with Crippen molar-refractivity contribution in [1.29, 1.82) is 0 Å². The number of aromatic nitrogens is 2. The molecule has 0 fully saturated rings. The highest BCUT2D eigenvalue weighted by molar-refractivity contribution is 6.06. The number of benzene rings is 2. The number of H-pyrrole nitrogens is 1. The molecule has 0 atom stereocenters. The average Bonchev–Trinajstić information content (AvgIpc) is 3.04. The van der Waals surface area contributed by atoms with Gasteiger partial charge in [0.1, 0.15) is 0 Å². The summed E-state index contributed by atoms with van der Waals surface area (Å²) in [6.45, 7) is -0.571. The van der Waals surface area contributed by atoms with Crippen molar-refractivity contribution in [3.63, 3.8) is 0 Å². The van der Waals surface area contributed by atoms with E-state index in [2.05, 4.69) is 15.5 Å². The largest absolute Gasteiger partial charge is 0.451 e. The van der Waals surface area contributed by atoms with Gasteiger partial charge >= 0.3 is 5.97 Å². The summed E-state index contributed by atoms with van der Waals surface area (Å²) in [5, 5.41) is 9.34. The molecule has 0 spiro atoms. The van der Waals surface area contributed by atoms with Gasteiger partial charge in [0.2, 0.25) is 0 Å². The van der Waals surface area contributed by atoms with Crippen LogP contribution >= 0.6 is 0 Å². The van der Waals surface area contributed by atoms with E-state index in [0.717, 1.165) is 0 Å². The number of para-hydroxylation sites is 1. The van der Waals surface area contributed by atoms with Crippen LogP contribution in [-0.4, -0.2) is 34.6 Å². The van der Waals surface area contributed by atoms with E-state index in [9.17, 15) is 14.4 Å². The number of nitrogens with one attached hydrogen (secondary N) is 2. The van der Waals surface area contributed by atoms with Crippen LogP contribution in [0.4, 0.5) is 0 Å². The molecule has 1 aromatic heterocycles. The quantitative estimate of drug-likeness (QED) is 0.711. The number of hydrogen-bond acceptors (Lipinski definition) is 5. The summed E-state index contributed by atoms with van der Waals surface area (Å²) in [5.74, 6) is -2.01. The molecule has 0 bridgehead atoms. The van der Waals surface area contributed by atoms with Gasteiger partial charge in [-0.25, -0.2) is 4.79 Å². The van der Waals surface area contributed by atoms with Crippen LogP contribution in [0.25, 0.3) is 10.9 Å². The molecule has 0 aliphatic carbocycles. The molecule has 3 rings (SSSR count). The monoisotopic (exact) mass is 323 g/mol. The summed E-state index contributed by atoms with van der Waals surface area (Å²) in [7, 11) is 0. The first-order valence-electron chi connectivity index (χ1n) is 7.14. The van der Waals surface area contributed by atoms with Crippen molar-refractivity contribution in [2.75, 3.05) is 6.61 Å². The zero-order valence-electron chi connectivity index (χ0n) is 12.5. The maximum absolute atomic E-state index is 12.0. The third-order valence-electron chi connectivity index (χ3n) is 3.29. The molecule has 2 N–H and O–H groups in total. The van der Waals surface area contributed by atoms with Gasteiger partial charge in [-0.05, 0) is 18.2 Å². The SMILES string of the molecule is O=C(COC(=O)c1n[nH]c2ccccc12)NC(=O)c1ccccc1. The van der Waals surface area contributed by atoms with Crippen LogP contribution in [0.5, 0.6) is 0 Å². The molecular formula is C17H13N3O4. The van der Waals surface area contributed by atoms with Crippen molar-refractivity contribution < 1.29 is 19.1 Å². The van der Waals surface area contributed by atoms with Crippen molar-refractivity contribution in [1.82, 2.24) is 15.5 Å². The lowest BCUT2D eigenvalue weighted by atomic mass is 10.2.